The van der Waals surface area contributed by atoms with Crippen molar-refractivity contribution >= 4 is 5.78 Å². The molecule has 72 valence electrons. The zero-order chi connectivity index (χ0) is 10.0. The molecule has 0 saturated carbocycles. The number of aromatic nitrogens is 2. The minimum absolute atomic E-state index is 0.0138. The van der Waals surface area contributed by atoms with E-state index in [2.05, 4.69) is 5.10 Å². The van der Waals surface area contributed by atoms with Crippen LogP contribution in [-0.4, -0.2) is 22.7 Å². The third-order valence-electron chi connectivity index (χ3n) is 1.84. The summed E-state index contributed by atoms with van der Waals surface area (Å²) in [5.41, 5.74) is 0.590. The van der Waals surface area contributed by atoms with Crippen LogP contribution in [0.2, 0.25) is 0 Å². The lowest BCUT2D eigenvalue weighted by Gasteiger charge is -2.02. The van der Waals surface area contributed by atoms with Gasteiger partial charge in [-0.2, -0.15) is 0 Å². The molecule has 0 saturated heterocycles. The van der Waals surface area contributed by atoms with Crippen LogP contribution in [-0.2, 0) is 7.05 Å². The Balaban J connectivity index is 3.00. The largest absolute Gasteiger partial charge is 0.480 e. The third kappa shape index (κ3) is 1.88. The average Bonchev–Trinajstić information content (AvgIpc) is 2.45. The van der Waals surface area contributed by atoms with E-state index in [-0.39, 0.29) is 11.7 Å². The molecular weight excluding hydrogens is 168 g/mol. The zero-order valence-electron chi connectivity index (χ0n) is 8.37. The van der Waals surface area contributed by atoms with Crippen LogP contribution in [0.5, 0.6) is 5.88 Å². The van der Waals surface area contributed by atoms with Gasteiger partial charge in [0.1, 0.15) is 5.69 Å². The van der Waals surface area contributed by atoms with E-state index in [1.165, 1.54) is 7.11 Å². The van der Waals surface area contributed by atoms with Crippen LogP contribution < -0.4 is 4.74 Å². The molecule has 0 amide bonds. The van der Waals surface area contributed by atoms with Gasteiger partial charge in [0.2, 0.25) is 5.88 Å². The lowest BCUT2D eigenvalue weighted by molar-refractivity contribution is 0.0930. The van der Waals surface area contributed by atoms with Crippen molar-refractivity contribution in [3.8, 4) is 5.88 Å². The molecule has 0 aliphatic heterocycles. The number of Topliss-reactive ketones (excluding diaryl/α,β-unsaturated/α-hetero) is 1. The van der Waals surface area contributed by atoms with E-state index in [4.69, 9.17) is 4.74 Å². The molecule has 0 unspecified atom stereocenters. The molecule has 4 nitrogen and oxygen atoms in total. The second-order valence-corrected chi connectivity index (χ2v) is 3.21. The van der Waals surface area contributed by atoms with Gasteiger partial charge in [-0.3, -0.25) is 9.48 Å². The Bertz CT molecular complexity index is 315. The van der Waals surface area contributed by atoms with Crippen molar-refractivity contribution in [3.63, 3.8) is 0 Å². The monoisotopic (exact) mass is 182 g/mol. The molecule has 0 aromatic carbocycles. The van der Waals surface area contributed by atoms with E-state index in [1.807, 2.05) is 13.8 Å². The fraction of sp³-hybridized carbons (Fsp3) is 0.556. The Labute approximate surface area is 77.5 Å². The highest BCUT2D eigenvalue weighted by Crippen LogP contribution is 2.13. The van der Waals surface area contributed by atoms with Crippen molar-refractivity contribution in [2.75, 3.05) is 7.11 Å². The summed E-state index contributed by atoms with van der Waals surface area (Å²) in [6.45, 7) is 3.73. The number of nitrogens with zero attached hydrogens (tertiary/aromatic N) is 2. The molecule has 0 N–H and O–H groups in total. The van der Waals surface area contributed by atoms with E-state index >= 15 is 0 Å². The second kappa shape index (κ2) is 3.60. The number of aryl methyl sites for hydroxylation is 1. The fourth-order valence-electron chi connectivity index (χ4n) is 1.07. The summed E-state index contributed by atoms with van der Waals surface area (Å²) in [6, 6.07) is 1.66. The molecule has 1 heterocycles. The summed E-state index contributed by atoms with van der Waals surface area (Å²) >= 11 is 0. The molecule has 0 spiro atoms. The Morgan fingerprint density at radius 2 is 2.23 bits per heavy atom. The van der Waals surface area contributed by atoms with Crippen molar-refractivity contribution in [3.05, 3.63) is 11.8 Å². The first-order valence-corrected chi connectivity index (χ1v) is 4.18. The van der Waals surface area contributed by atoms with Crippen LogP contribution in [0.4, 0.5) is 0 Å². The first-order valence-electron chi connectivity index (χ1n) is 4.18. The maximum Gasteiger partial charge on any atom is 0.233 e. The lowest BCUT2D eigenvalue weighted by atomic mass is 10.1. The van der Waals surface area contributed by atoms with Crippen LogP contribution in [0.15, 0.2) is 6.07 Å². The van der Waals surface area contributed by atoms with Gasteiger partial charge in [0.25, 0.3) is 0 Å². The van der Waals surface area contributed by atoms with E-state index in [0.29, 0.717) is 11.6 Å². The minimum atomic E-state index is -0.0138. The van der Waals surface area contributed by atoms with Crippen molar-refractivity contribution < 1.29 is 9.53 Å². The van der Waals surface area contributed by atoms with Gasteiger partial charge in [-0.15, -0.1) is 5.10 Å². The highest BCUT2D eigenvalue weighted by Gasteiger charge is 2.16. The topological polar surface area (TPSA) is 44.1 Å². The second-order valence-electron chi connectivity index (χ2n) is 3.21. The fourth-order valence-corrected chi connectivity index (χ4v) is 1.07. The van der Waals surface area contributed by atoms with Gasteiger partial charge in [-0.1, -0.05) is 13.8 Å². The van der Waals surface area contributed by atoms with Gasteiger partial charge in [0, 0.05) is 19.0 Å². The molecular formula is C9H14N2O2. The number of methoxy groups -OCH3 is 1. The lowest BCUT2D eigenvalue weighted by Crippen LogP contribution is -2.12. The molecule has 0 aliphatic carbocycles. The molecule has 1 aromatic rings. The zero-order valence-corrected chi connectivity index (χ0v) is 8.37. The first-order chi connectivity index (χ1) is 6.06. The van der Waals surface area contributed by atoms with Crippen LogP contribution in [0, 0.1) is 5.92 Å². The van der Waals surface area contributed by atoms with Gasteiger partial charge >= 0.3 is 0 Å². The van der Waals surface area contributed by atoms with Gasteiger partial charge in [0.05, 0.1) is 7.11 Å². The van der Waals surface area contributed by atoms with E-state index in [9.17, 15) is 4.79 Å². The number of ether oxygens (including phenoxy) is 1. The number of rotatable bonds is 3. The van der Waals surface area contributed by atoms with E-state index in [1.54, 1.807) is 17.8 Å². The molecule has 13 heavy (non-hydrogen) atoms. The van der Waals surface area contributed by atoms with Crippen molar-refractivity contribution in [2.24, 2.45) is 13.0 Å². The molecule has 0 aliphatic rings. The number of carbonyl (C=O) groups excluding carboxylic acids is 1. The maximum absolute atomic E-state index is 11.6. The molecule has 1 rings (SSSR count). The van der Waals surface area contributed by atoms with E-state index in [0.717, 1.165) is 0 Å². The van der Waals surface area contributed by atoms with Crippen LogP contribution in [0.25, 0.3) is 0 Å². The maximum atomic E-state index is 11.6. The standard InChI is InChI=1S/C9H14N2O2/c1-6(2)9(12)7-5-8(13-4)10-11(7)3/h5-6H,1-4H3. The SMILES string of the molecule is COc1cc(C(=O)C(C)C)n(C)n1. The van der Waals surface area contributed by atoms with Gasteiger partial charge in [-0.05, 0) is 0 Å². The summed E-state index contributed by atoms with van der Waals surface area (Å²) in [7, 11) is 3.27. The normalized spacial score (nSPS) is 10.5. The summed E-state index contributed by atoms with van der Waals surface area (Å²) in [6.07, 6.45) is 0. The quantitative estimate of drug-likeness (QED) is 0.661. The Morgan fingerprint density at radius 1 is 1.62 bits per heavy atom. The molecule has 1 aromatic heterocycles. The number of hydrogen-bond donors (Lipinski definition) is 0. The highest BCUT2D eigenvalue weighted by molar-refractivity contribution is 5.96. The number of ketones is 1. The number of hydrogen-bond acceptors (Lipinski definition) is 3. The van der Waals surface area contributed by atoms with E-state index < -0.39 is 0 Å². The molecule has 0 atom stereocenters. The summed E-state index contributed by atoms with van der Waals surface area (Å²) in [5.74, 6) is 0.546. The predicted molar refractivity (Wildman–Crippen MR) is 48.9 cm³/mol. The van der Waals surface area contributed by atoms with Crippen LogP contribution in [0.3, 0.4) is 0 Å². The van der Waals surface area contributed by atoms with Crippen LogP contribution >= 0.6 is 0 Å². The van der Waals surface area contributed by atoms with Crippen LogP contribution in [0.1, 0.15) is 24.3 Å². The van der Waals surface area contributed by atoms with Gasteiger partial charge < -0.3 is 4.74 Å². The molecule has 4 heteroatoms. The Morgan fingerprint density at radius 3 is 2.62 bits per heavy atom. The molecule has 0 bridgehead atoms. The predicted octanol–water partition coefficient (Wildman–Crippen LogP) is 1.27. The third-order valence-corrected chi connectivity index (χ3v) is 1.84. The van der Waals surface area contributed by atoms with Gasteiger partial charge in [0.15, 0.2) is 5.78 Å². The average molecular weight is 182 g/mol. The molecule has 0 radical (unpaired) electrons. The van der Waals surface area contributed by atoms with Gasteiger partial charge in [-0.25, -0.2) is 0 Å². The Kier molecular flexibility index (Phi) is 2.70. The summed E-state index contributed by atoms with van der Waals surface area (Å²) in [4.78, 5) is 11.6. The van der Waals surface area contributed by atoms with Crippen molar-refractivity contribution in [1.29, 1.82) is 0 Å². The molecule has 0 fully saturated rings. The number of carbonyl (C=O) groups is 1. The highest BCUT2D eigenvalue weighted by atomic mass is 16.5. The smallest absolute Gasteiger partial charge is 0.233 e. The Hall–Kier alpha value is -1.32. The first kappa shape index (κ1) is 9.77. The van der Waals surface area contributed by atoms with Crippen molar-refractivity contribution in [2.45, 2.75) is 13.8 Å². The summed E-state index contributed by atoms with van der Waals surface area (Å²) in [5, 5.41) is 4.01. The van der Waals surface area contributed by atoms with Crippen molar-refractivity contribution in [1.82, 2.24) is 9.78 Å². The minimum Gasteiger partial charge on any atom is -0.480 e. The summed E-state index contributed by atoms with van der Waals surface area (Å²) < 4.78 is 6.46.